The lowest BCUT2D eigenvalue weighted by Crippen LogP contribution is -2.47. The summed E-state index contributed by atoms with van der Waals surface area (Å²) >= 11 is 0. The van der Waals surface area contributed by atoms with Crippen LogP contribution in [0.25, 0.3) is 0 Å². The van der Waals surface area contributed by atoms with Crippen molar-refractivity contribution in [1.29, 1.82) is 0 Å². The highest BCUT2D eigenvalue weighted by Crippen LogP contribution is 2.31. The summed E-state index contributed by atoms with van der Waals surface area (Å²) in [6.07, 6.45) is 7.51. The average Bonchev–Trinajstić information content (AvgIpc) is 1.86. The standard InChI is InChI=1S/C8H15NO/c10-9-7-3-1-4-8(9)6-2-5-7/h7-8,10H,1-6H2. The predicted octanol–water partition coefficient (Wildman–Crippen LogP) is 1.78. The van der Waals surface area contributed by atoms with Gasteiger partial charge in [-0.15, -0.1) is 0 Å². The number of rotatable bonds is 0. The smallest absolute Gasteiger partial charge is 0.0353 e. The van der Waals surface area contributed by atoms with Gasteiger partial charge in [-0.1, -0.05) is 12.8 Å². The Morgan fingerprint density at radius 2 is 1.30 bits per heavy atom. The van der Waals surface area contributed by atoms with Gasteiger partial charge in [0.05, 0.1) is 0 Å². The molecule has 2 heteroatoms. The molecule has 2 bridgehead atoms. The Morgan fingerprint density at radius 3 is 1.60 bits per heavy atom. The second kappa shape index (κ2) is 2.51. The van der Waals surface area contributed by atoms with E-state index in [9.17, 15) is 5.21 Å². The fourth-order valence-corrected chi connectivity index (χ4v) is 2.29. The maximum absolute atomic E-state index is 9.52. The number of hydrogen-bond donors (Lipinski definition) is 1. The largest absolute Gasteiger partial charge is 0.313 e. The maximum atomic E-state index is 9.52. The van der Waals surface area contributed by atoms with Crippen molar-refractivity contribution in [1.82, 2.24) is 5.06 Å². The van der Waals surface area contributed by atoms with Crippen molar-refractivity contribution in [2.45, 2.75) is 50.6 Å². The zero-order valence-electron chi connectivity index (χ0n) is 6.29. The van der Waals surface area contributed by atoms with E-state index in [0.717, 1.165) is 0 Å². The fourth-order valence-electron chi connectivity index (χ4n) is 2.29. The number of nitrogens with zero attached hydrogens (tertiary/aromatic N) is 1. The van der Waals surface area contributed by atoms with Crippen LogP contribution in [0, 0.1) is 0 Å². The van der Waals surface area contributed by atoms with Gasteiger partial charge in [-0.25, -0.2) is 0 Å². The first-order valence-electron chi connectivity index (χ1n) is 4.35. The van der Waals surface area contributed by atoms with E-state index in [1.54, 1.807) is 5.06 Å². The molecule has 2 rings (SSSR count). The topological polar surface area (TPSA) is 23.5 Å². The van der Waals surface area contributed by atoms with Gasteiger partial charge in [0.15, 0.2) is 0 Å². The molecule has 0 saturated carbocycles. The first-order chi connectivity index (χ1) is 4.88. The number of piperidine rings is 2. The van der Waals surface area contributed by atoms with Gasteiger partial charge in [-0.3, -0.25) is 0 Å². The molecule has 2 aliphatic heterocycles. The molecule has 2 aliphatic rings. The van der Waals surface area contributed by atoms with E-state index in [2.05, 4.69) is 0 Å². The Morgan fingerprint density at radius 1 is 0.900 bits per heavy atom. The minimum absolute atomic E-state index is 0.507. The van der Waals surface area contributed by atoms with Crippen LogP contribution in [-0.2, 0) is 0 Å². The van der Waals surface area contributed by atoms with Crippen molar-refractivity contribution in [2.75, 3.05) is 0 Å². The molecule has 0 aromatic rings. The lowest BCUT2D eigenvalue weighted by molar-refractivity contribution is -0.193. The van der Waals surface area contributed by atoms with E-state index in [-0.39, 0.29) is 0 Å². The number of hydrogen-bond acceptors (Lipinski definition) is 2. The van der Waals surface area contributed by atoms with Gasteiger partial charge < -0.3 is 5.21 Å². The van der Waals surface area contributed by atoms with Crippen molar-refractivity contribution in [3.63, 3.8) is 0 Å². The molecular weight excluding hydrogens is 126 g/mol. The molecule has 2 nitrogen and oxygen atoms in total. The van der Waals surface area contributed by atoms with Gasteiger partial charge in [-0.2, -0.15) is 5.06 Å². The Hall–Kier alpha value is -0.0800. The van der Waals surface area contributed by atoms with Crippen molar-refractivity contribution >= 4 is 0 Å². The van der Waals surface area contributed by atoms with E-state index in [1.165, 1.54) is 38.5 Å². The second-order valence-electron chi connectivity index (χ2n) is 3.55. The molecule has 10 heavy (non-hydrogen) atoms. The number of fused-ring (bicyclic) bond motifs is 2. The van der Waals surface area contributed by atoms with Crippen molar-refractivity contribution in [3.8, 4) is 0 Å². The lowest BCUT2D eigenvalue weighted by atomic mass is 9.86. The van der Waals surface area contributed by atoms with E-state index >= 15 is 0 Å². The first-order valence-corrected chi connectivity index (χ1v) is 4.35. The first kappa shape index (κ1) is 6.62. The van der Waals surface area contributed by atoms with E-state index < -0.39 is 0 Å². The molecule has 58 valence electrons. The minimum Gasteiger partial charge on any atom is -0.313 e. The summed E-state index contributed by atoms with van der Waals surface area (Å²) in [5.74, 6) is 0. The van der Waals surface area contributed by atoms with Gasteiger partial charge >= 0.3 is 0 Å². The summed E-state index contributed by atoms with van der Waals surface area (Å²) in [6, 6.07) is 1.01. The molecule has 0 spiro atoms. The summed E-state index contributed by atoms with van der Waals surface area (Å²) in [5, 5.41) is 11.1. The van der Waals surface area contributed by atoms with Crippen LogP contribution in [0.3, 0.4) is 0 Å². The zero-order valence-corrected chi connectivity index (χ0v) is 6.29. The van der Waals surface area contributed by atoms with Crippen LogP contribution < -0.4 is 0 Å². The summed E-state index contributed by atoms with van der Waals surface area (Å²) < 4.78 is 0. The normalized spacial score (nSPS) is 41.7. The molecule has 0 aliphatic carbocycles. The molecule has 1 N–H and O–H groups in total. The predicted molar refractivity (Wildman–Crippen MR) is 38.9 cm³/mol. The van der Waals surface area contributed by atoms with Crippen molar-refractivity contribution in [2.24, 2.45) is 0 Å². The molecule has 2 heterocycles. The molecule has 2 saturated heterocycles. The van der Waals surface area contributed by atoms with Gasteiger partial charge in [0.2, 0.25) is 0 Å². The van der Waals surface area contributed by atoms with Gasteiger partial charge in [0, 0.05) is 12.1 Å². The summed E-state index contributed by atoms with van der Waals surface area (Å²) in [4.78, 5) is 0. The Kier molecular flexibility index (Phi) is 1.66. The summed E-state index contributed by atoms with van der Waals surface area (Å²) in [7, 11) is 0. The van der Waals surface area contributed by atoms with Gasteiger partial charge in [0.25, 0.3) is 0 Å². The highest BCUT2D eigenvalue weighted by Gasteiger charge is 2.32. The monoisotopic (exact) mass is 141 g/mol. The third kappa shape index (κ3) is 0.956. The zero-order chi connectivity index (χ0) is 6.97. The molecule has 0 unspecified atom stereocenters. The highest BCUT2D eigenvalue weighted by atomic mass is 16.5. The number of hydroxylamine groups is 2. The SMILES string of the molecule is ON1C2CCCC1CCC2. The molecule has 0 aromatic carbocycles. The average molecular weight is 141 g/mol. The van der Waals surface area contributed by atoms with Gasteiger partial charge in [0.1, 0.15) is 0 Å². The molecular formula is C8H15NO. The van der Waals surface area contributed by atoms with E-state index in [1.807, 2.05) is 0 Å². The highest BCUT2D eigenvalue weighted by molar-refractivity contribution is 4.83. The van der Waals surface area contributed by atoms with Crippen LogP contribution >= 0.6 is 0 Å². The molecule has 0 atom stereocenters. The summed E-state index contributed by atoms with van der Waals surface area (Å²) in [6.45, 7) is 0. The van der Waals surface area contributed by atoms with Crippen LogP contribution in [0.4, 0.5) is 0 Å². The van der Waals surface area contributed by atoms with Crippen LogP contribution in [0.2, 0.25) is 0 Å². The Labute approximate surface area is 61.8 Å². The second-order valence-corrected chi connectivity index (χ2v) is 3.55. The molecule has 2 fully saturated rings. The Balaban J connectivity index is 2.05. The molecule has 0 aromatic heterocycles. The third-order valence-corrected chi connectivity index (χ3v) is 2.90. The van der Waals surface area contributed by atoms with E-state index in [0.29, 0.717) is 12.1 Å². The minimum atomic E-state index is 0.507. The van der Waals surface area contributed by atoms with Crippen LogP contribution in [-0.4, -0.2) is 22.4 Å². The van der Waals surface area contributed by atoms with Crippen molar-refractivity contribution < 1.29 is 5.21 Å². The van der Waals surface area contributed by atoms with Crippen LogP contribution in [0.15, 0.2) is 0 Å². The molecule has 0 radical (unpaired) electrons. The third-order valence-electron chi connectivity index (χ3n) is 2.90. The summed E-state index contributed by atoms with van der Waals surface area (Å²) in [5.41, 5.74) is 0. The quantitative estimate of drug-likeness (QED) is 0.556. The lowest BCUT2D eigenvalue weighted by Gasteiger charge is -2.41. The van der Waals surface area contributed by atoms with Crippen LogP contribution in [0.5, 0.6) is 0 Å². The molecule has 0 amide bonds. The van der Waals surface area contributed by atoms with E-state index in [4.69, 9.17) is 0 Å². The maximum Gasteiger partial charge on any atom is 0.0353 e. The van der Waals surface area contributed by atoms with Crippen molar-refractivity contribution in [3.05, 3.63) is 0 Å². The Bertz CT molecular complexity index is 104. The van der Waals surface area contributed by atoms with Gasteiger partial charge in [-0.05, 0) is 25.7 Å². The fraction of sp³-hybridized carbons (Fsp3) is 1.00. The van der Waals surface area contributed by atoms with Crippen LogP contribution in [0.1, 0.15) is 38.5 Å².